The van der Waals surface area contributed by atoms with Crippen molar-refractivity contribution >= 4 is 23.5 Å². The van der Waals surface area contributed by atoms with Gasteiger partial charge in [-0.05, 0) is 44.0 Å². The second kappa shape index (κ2) is 9.25. The highest BCUT2D eigenvalue weighted by molar-refractivity contribution is 6.15. The molecular formula is C26H28N4O5. The Kier molecular flexibility index (Phi) is 6.34. The molecule has 0 fully saturated rings. The first-order chi connectivity index (χ1) is 16.7. The van der Waals surface area contributed by atoms with E-state index in [1.54, 1.807) is 18.6 Å². The van der Waals surface area contributed by atoms with Crippen molar-refractivity contribution in [2.24, 2.45) is 0 Å². The molecule has 0 saturated carbocycles. The van der Waals surface area contributed by atoms with Gasteiger partial charge in [-0.1, -0.05) is 30.3 Å². The zero-order valence-corrected chi connectivity index (χ0v) is 20.4. The average molecular weight is 477 g/mol. The van der Waals surface area contributed by atoms with Gasteiger partial charge in [0.15, 0.2) is 5.69 Å². The molecule has 9 nitrogen and oxygen atoms in total. The number of para-hydroxylation sites is 1. The van der Waals surface area contributed by atoms with Gasteiger partial charge in [-0.3, -0.25) is 14.5 Å². The van der Waals surface area contributed by atoms with Gasteiger partial charge in [-0.25, -0.2) is 9.78 Å². The second-order valence-corrected chi connectivity index (χ2v) is 8.76. The molecule has 2 heterocycles. The number of hydrogen-bond acceptors (Lipinski definition) is 6. The van der Waals surface area contributed by atoms with Gasteiger partial charge in [0.25, 0.3) is 5.91 Å². The topological polar surface area (TPSA) is 103 Å². The molecule has 0 aliphatic carbocycles. The van der Waals surface area contributed by atoms with Gasteiger partial charge in [0.2, 0.25) is 5.91 Å². The Balaban J connectivity index is 1.79. The second-order valence-electron chi connectivity index (χ2n) is 8.76. The van der Waals surface area contributed by atoms with Crippen LogP contribution in [0.4, 0.5) is 5.69 Å². The third-order valence-corrected chi connectivity index (χ3v) is 6.32. The molecule has 1 aliphatic heterocycles. The van der Waals surface area contributed by atoms with Crippen molar-refractivity contribution in [3.8, 4) is 5.75 Å². The van der Waals surface area contributed by atoms with Crippen LogP contribution in [-0.2, 0) is 22.6 Å². The summed E-state index contributed by atoms with van der Waals surface area (Å²) in [6, 6.07) is 13.1. The minimum absolute atomic E-state index is 0.0794. The third kappa shape index (κ3) is 4.14. The molecule has 182 valence electrons. The fourth-order valence-electron chi connectivity index (χ4n) is 4.43. The van der Waals surface area contributed by atoms with E-state index in [1.807, 2.05) is 56.3 Å². The normalized spacial score (nSPS) is 17.1. The van der Waals surface area contributed by atoms with Crippen molar-refractivity contribution in [1.29, 1.82) is 0 Å². The largest absolute Gasteiger partial charge is 0.496 e. The number of nitrogens with zero attached hydrogens (tertiary/aromatic N) is 3. The zero-order chi connectivity index (χ0) is 25.3. The van der Waals surface area contributed by atoms with Gasteiger partial charge in [-0.2, -0.15) is 0 Å². The minimum atomic E-state index is -1.31. The summed E-state index contributed by atoms with van der Waals surface area (Å²) in [5.41, 5.74) is 1.86. The van der Waals surface area contributed by atoms with Gasteiger partial charge in [0.05, 0.1) is 27.1 Å². The molecule has 0 saturated heterocycles. The highest BCUT2D eigenvalue weighted by Gasteiger charge is 2.50. The Bertz CT molecular complexity index is 1310. The average Bonchev–Trinajstić information content (AvgIpc) is 3.28. The van der Waals surface area contributed by atoms with E-state index >= 15 is 0 Å². The number of esters is 1. The van der Waals surface area contributed by atoms with E-state index in [0.717, 1.165) is 16.7 Å². The maximum Gasteiger partial charge on any atom is 0.359 e. The van der Waals surface area contributed by atoms with Gasteiger partial charge in [-0.15, -0.1) is 0 Å². The SMILES string of the molecule is COC(=O)c1ncn2c1C(=O)N(c1cc(C)ccc1C)[C@@](C)(C(=O)NCc1ccccc1OC)C2. The molecular weight excluding hydrogens is 448 g/mol. The molecule has 1 N–H and O–H groups in total. The Morgan fingerprint density at radius 3 is 2.60 bits per heavy atom. The molecule has 1 atom stereocenters. The van der Waals surface area contributed by atoms with E-state index in [9.17, 15) is 14.4 Å². The van der Waals surface area contributed by atoms with E-state index in [2.05, 4.69) is 10.3 Å². The van der Waals surface area contributed by atoms with E-state index in [4.69, 9.17) is 9.47 Å². The van der Waals surface area contributed by atoms with Crippen LogP contribution < -0.4 is 15.0 Å². The van der Waals surface area contributed by atoms with Crippen LogP contribution >= 0.6 is 0 Å². The Morgan fingerprint density at radius 1 is 1.14 bits per heavy atom. The lowest BCUT2D eigenvalue weighted by atomic mass is 9.92. The predicted molar refractivity (Wildman–Crippen MR) is 130 cm³/mol. The van der Waals surface area contributed by atoms with Gasteiger partial charge >= 0.3 is 5.97 Å². The molecule has 9 heteroatoms. The van der Waals surface area contributed by atoms with Crippen molar-refractivity contribution in [2.75, 3.05) is 19.1 Å². The number of methoxy groups -OCH3 is 2. The molecule has 1 aromatic heterocycles. The fraction of sp³-hybridized carbons (Fsp3) is 0.308. The lowest BCUT2D eigenvalue weighted by Crippen LogP contribution is -2.64. The van der Waals surface area contributed by atoms with Gasteiger partial charge in [0.1, 0.15) is 17.0 Å². The molecule has 0 radical (unpaired) electrons. The molecule has 0 bridgehead atoms. The van der Waals surface area contributed by atoms with Crippen molar-refractivity contribution in [3.05, 3.63) is 76.9 Å². The van der Waals surface area contributed by atoms with Crippen LogP contribution in [0.3, 0.4) is 0 Å². The minimum Gasteiger partial charge on any atom is -0.496 e. The summed E-state index contributed by atoms with van der Waals surface area (Å²) >= 11 is 0. The van der Waals surface area contributed by atoms with Gasteiger partial charge < -0.3 is 19.4 Å². The van der Waals surface area contributed by atoms with Crippen LogP contribution in [0.5, 0.6) is 5.75 Å². The van der Waals surface area contributed by atoms with Crippen LogP contribution in [-0.4, -0.2) is 47.1 Å². The number of imidazole rings is 1. The number of anilines is 1. The molecule has 3 aromatic rings. The lowest BCUT2D eigenvalue weighted by molar-refractivity contribution is -0.126. The number of ether oxygens (including phenoxy) is 2. The molecule has 2 aromatic carbocycles. The van der Waals surface area contributed by atoms with Crippen LogP contribution in [0.1, 0.15) is 44.6 Å². The fourth-order valence-corrected chi connectivity index (χ4v) is 4.43. The highest BCUT2D eigenvalue weighted by Crippen LogP contribution is 2.36. The summed E-state index contributed by atoms with van der Waals surface area (Å²) in [7, 11) is 2.81. The number of aromatic nitrogens is 2. The first-order valence-corrected chi connectivity index (χ1v) is 11.2. The van der Waals surface area contributed by atoms with Crippen molar-refractivity contribution in [1.82, 2.24) is 14.9 Å². The molecule has 0 spiro atoms. The van der Waals surface area contributed by atoms with Crippen LogP contribution in [0.15, 0.2) is 48.8 Å². The first kappa shape index (κ1) is 24.0. The Hall–Kier alpha value is -4.14. The molecule has 2 amide bonds. The smallest absolute Gasteiger partial charge is 0.359 e. The van der Waals surface area contributed by atoms with Crippen LogP contribution in [0.25, 0.3) is 0 Å². The molecule has 35 heavy (non-hydrogen) atoms. The number of hydrogen-bond donors (Lipinski definition) is 1. The maximum atomic E-state index is 13.9. The van der Waals surface area contributed by atoms with E-state index in [-0.39, 0.29) is 30.4 Å². The third-order valence-electron chi connectivity index (χ3n) is 6.32. The summed E-state index contributed by atoms with van der Waals surface area (Å²) in [6.45, 7) is 5.83. The first-order valence-electron chi connectivity index (χ1n) is 11.2. The van der Waals surface area contributed by atoms with E-state index in [1.165, 1.54) is 18.3 Å². The van der Waals surface area contributed by atoms with E-state index in [0.29, 0.717) is 11.4 Å². The summed E-state index contributed by atoms with van der Waals surface area (Å²) < 4.78 is 11.8. The summed E-state index contributed by atoms with van der Waals surface area (Å²) in [5, 5.41) is 2.97. The van der Waals surface area contributed by atoms with Crippen molar-refractivity contribution in [2.45, 2.75) is 39.4 Å². The summed E-state index contributed by atoms with van der Waals surface area (Å²) in [4.78, 5) is 45.6. The predicted octanol–water partition coefficient (Wildman–Crippen LogP) is 3.03. The number of carbonyl (C=O) groups excluding carboxylic acids is 3. The number of nitrogens with one attached hydrogen (secondary N) is 1. The zero-order valence-electron chi connectivity index (χ0n) is 20.4. The van der Waals surface area contributed by atoms with Crippen LogP contribution in [0, 0.1) is 13.8 Å². The van der Waals surface area contributed by atoms with Crippen molar-refractivity contribution < 1.29 is 23.9 Å². The van der Waals surface area contributed by atoms with Gasteiger partial charge in [0, 0.05) is 17.8 Å². The maximum absolute atomic E-state index is 13.9. The number of benzene rings is 2. The number of rotatable bonds is 6. The highest BCUT2D eigenvalue weighted by atomic mass is 16.5. The van der Waals surface area contributed by atoms with Crippen LogP contribution in [0.2, 0.25) is 0 Å². The Labute approximate surface area is 203 Å². The monoisotopic (exact) mass is 476 g/mol. The number of fused-ring (bicyclic) bond motifs is 1. The summed E-state index contributed by atoms with van der Waals surface area (Å²) in [5.74, 6) is -0.907. The molecule has 4 rings (SSSR count). The standard InChI is InChI=1S/C26H28N4O5/c1-16-10-11-17(2)19(12-16)30-23(31)22-21(24(32)35-5)28-15-29(22)14-26(30,3)25(33)27-13-18-8-6-7-9-20(18)34-4/h6-12,15H,13-14H2,1-5H3,(H,27,33)/t26-/m1/s1. The number of amides is 2. The Morgan fingerprint density at radius 2 is 1.89 bits per heavy atom. The quantitative estimate of drug-likeness (QED) is 0.549. The number of carbonyl (C=O) groups is 3. The summed E-state index contributed by atoms with van der Waals surface area (Å²) in [6.07, 6.45) is 1.39. The van der Waals surface area contributed by atoms with Crippen molar-refractivity contribution in [3.63, 3.8) is 0 Å². The van der Waals surface area contributed by atoms with E-state index < -0.39 is 17.4 Å². The molecule has 0 unspecified atom stereocenters. The number of aryl methyl sites for hydroxylation is 2. The molecule has 1 aliphatic rings. The lowest BCUT2D eigenvalue weighted by Gasteiger charge is -2.44.